The van der Waals surface area contributed by atoms with Gasteiger partial charge in [0.1, 0.15) is 11.5 Å². The number of benzene rings is 1. The van der Waals surface area contributed by atoms with Gasteiger partial charge < -0.3 is 9.84 Å². The van der Waals surface area contributed by atoms with Crippen molar-refractivity contribution >= 4 is 28.3 Å². The van der Waals surface area contributed by atoms with E-state index in [4.69, 9.17) is 4.52 Å². The number of nitrogens with one attached hydrogen (secondary N) is 1. The molecule has 0 saturated heterocycles. The van der Waals surface area contributed by atoms with Gasteiger partial charge in [-0.15, -0.1) is 0 Å². The number of carbonyl (C=O) groups is 2. The Morgan fingerprint density at radius 3 is 2.40 bits per heavy atom. The van der Waals surface area contributed by atoms with E-state index in [0.29, 0.717) is 17.1 Å². The zero-order valence-corrected chi connectivity index (χ0v) is 15.9. The van der Waals surface area contributed by atoms with Crippen LogP contribution in [0.25, 0.3) is 0 Å². The fourth-order valence-electron chi connectivity index (χ4n) is 2.95. The fourth-order valence-corrected chi connectivity index (χ4v) is 4.19. The molecule has 0 aliphatic rings. The van der Waals surface area contributed by atoms with Gasteiger partial charge in [-0.25, -0.2) is 0 Å². The number of aromatic nitrogens is 1. The number of hydrogen-bond acceptors (Lipinski definition) is 5. The molecule has 0 bridgehead atoms. The van der Waals surface area contributed by atoms with Crippen LogP contribution in [0.4, 0.5) is 5.82 Å². The molecule has 1 atom stereocenters. The molecule has 1 N–H and O–H groups in total. The molecule has 1 amide bonds. The van der Waals surface area contributed by atoms with Crippen LogP contribution in [0.5, 0.6) is 0 Å². The molecule has 1 aromatic heterocycles. The second-order valence-corrected chi connectivity index (χ2v) is 7.60. The predicted octanol–water partition coefficient (Wildman–Crippen LogP) is 3.00. The van der Waals surface area contributed by atoms with Crippen molar-refractivity contribution in [2.75, 3.05) is 11.1 Å². The summed E-state index contributed by atoms with van der Waals surface area (Å²) in [5.74, 6) is 0.569. The molecule has 7 heteroatoms. The van der Waals surface area contributed by atoms with Crippen molar-refractivity contribution in [1.82, 2.24) is 5.16 Å². The van der Waals surface area contributed by atoms with Crippen molar-refractivity contribution in [1.29, 1.82) is 0 Å². The molecule has 0 radical (unpaired) electrons. The smallest absolute Gasteiger partial charge is 0.238 e. The van der Waals surface area contributed by atoms with Gasteiger partial charge in [0.25, 0.3) is 0 Å². The number of ketones is 1. The standard InChI is InChI=1S/C18H22N2O4S/c1-10-6-11(2)18(14(5)21)13(4)15(10)8-25(23)9-17(22)19-16-7-12(3)24-20-16/h6-7H,8-9H2,1-5H3,(H,19,20,22). The second kappa shape index (κ2) is 7.74. The minimum atomic E-state index is -1.40. The van der Waals surface area contributed by atoms with Gasteiger partial charge in [-0.1, -0.05) is 11.2 Å². The van der Waals surface area contributed by atoms with Gasteiger partial charge in [0.2, 0.25) is 5.91 Å². The van der Waals surface area contributed by atoms with Crippen molar-refractivity contribution < 1.29 is 18.3 Å². The third kappa shape index (κ3) is 4.63. The summed E-state index contributed by atoms with van der Waals surface area (Å²) in [5, 5.41) is 6.23. The average Bonchev–Trinajstić information content (AvgIpc) is 2.87. The van der Waals surface area contributed by atoms with Crippen LogP contribution in [-0.2, 0) is 21.3 Å². The molecule has 2 aromatic rings. The van der Waals surface area contributed by atoms with Crippen LogP contribution in [-0.4, -0.2) is 26.8 Å². The van der Waals surface area contributed by atoms with Gasteiger partial charge in [0, 0.05) is 28.2 Å². The minimum Gasteiger partial charge on any atom is -0.360 e. The summed E-state index contributed by atoms with van der Waals surface area (Å²) in [7, 11) is -1.40. The maximum Gasteiger partial charge on any atom is 0.238 e. The molecule has 0 saturated carbocycles. The van der Waals surface area contributed by atoms with Crippen molar-refractivity contribution in [2.45, 2.75) is 40.4 Å². The van der Waals surface area contributed by atoms with Gasteiger partial charge in [-0.2, -0.15) is 0 Å². The van der Waals surface area contributed by atoms with Crippen molar-refractivity contribution in [3.63, 3.8) is 0 Å². The Morgan fingerprint density at radius 1 is 1.16 bits per heavy atom. The van der Waals surface area contributed by atoms with Crippen LogP contribution in [0.15, 0.2) is 16.7 Å². The van der Waals surface area contributed by atoms with Crippen LogP contribution in [0, 0.1) is 27.7 Å². The highest BCUT2D eigenvalue weighted by Gasteiger charge is 2.17. The van der Waals surface area contributed by atoms with E-state index in [1.54, 1.807) is 13.0 Å². The molecule has 0 fully saturated rings. The van der Waals surface area contributed by atoms with Crippen LogP contribution in [0.1, 0.15) is 45.3 Å². The minimum absolute atomic E-state index is 0.0128. The molecular formula is C18H22N2O4S. The Hall–Kier alpha value is -2.28. The maximum atomic E-state index is 12.4. The third-order valence-electron chi connectivity index (χ3n) is 3.98. The normalized spacial score (nSPS) is 12.0. The molecule has 0 aliphatic carbocycles. The molecule has 1 unspecified atom stereocenters. The van der Waals surface area contributed by atoms with Gasteiger partial charge in [-0.05, 0) is 56.9 Å². The van der Waals surface area contributed by atoms with Crippen molar-refractivity contribution in [2.24, 2.45) is 0 Å². The topological polar surface area (TPSA) is 89.3 Å². The van der Waals surface area contributed by atoms with Gasteiger partial charge in [0.05, 0.1) is 0 Å². The molecule has 2 rings (SSSR count). The second-order valence-electron chi connectivity index (χ2n) is 6.14. The van der Waals surface area contributed by atoms with E-state index in [1.807, 2.05) is 26.8 Å². The lowest BCUT2D eigenvalue weighted by molar-refractivity contribution is -0.113. The van der Waals surface area contributed by atoms with E-state index in [9.17, 15) is 13.8 Å². The Morgan fingerprint density at radius 2 is 1.84 bits per heavy atom. The van der Waals surface area contributed by atoms with Crippen molar-refractivity contribution in [3.8, 4) is 0 Å². The van der Waals surface area contributed by atoms with E-state index in [2.05, 4.69) is 10.5 Å². The molecule has 0 spiro atoms. The Balaban J connectivity index is 2.11. The van der Waals surface area contributed by atoms with Gasteiger partial charge in [-0.3, -0.25) is 13.8 Å². The monoisotopic (exact) mass is 362 g/mol. The highest BCUT2D eigenvalue weighted by atomic mass is 32.2. The lowest BCUT2D eigenvalue weighted by atomic mass is 9.92. The lowest BCUT2D eigenvalue weighted by Gasteiger charge is -2.15. The number of aryl methyl sites for hydroxylation is 3. The first kappa shape index (κ1) is 19.1. The predicted molar refractivity (Wildman–Crippen MR) is 97.2 cm³/mol. The molecule has 0 aliphatic heterocycles. The lowest BCUT2D eigenvalue weighted by Crippen LogP contribution is -2.21. The number of carbonyl (C=O) groups excluding carboxylic acids is 2. The molecule has 1 aromatic carbocycles. The fraction of sp³-hybridized carbons (Fsp3) is 0.389. The van der Waals surface area contributed by atoms with Crippen LogP contribution < -0.4 is 5.32 Å². The highest BCUT2D eigenvalue weighted by Crippen LogP contribution is 2.24. The Kier molecular flexibility index (Phi) is 5.89. The summed E-state index contributed by atoms with van der Waals surface area (Å²) >= 11 is 0. The quantitative estimate of drug-likeness (QED) is 0.798. The number of Topliss-reactive ketones (excluding diaryl/α,β-unsaturated/α-hetero) is 1. The summed E-state index contributed by atoms with van der Waals surface area (Å²) < 4.78 is 17.3. The number of hydrogen-bond donors (Lipinski definition) is 1. The Labute approximate surface area is 149 Å². The van der Waals surface area contributed by atoms with Crippen LogP contribution in [0.2, 0.25) is 0 Å². The first-order chi connectivity index (χ1) is 11.7. The van der Waals surface area contributed by atoms with Gasteiger partial charge in [0.15, 0.2) is 11.6 Å². The zero-order valence-electron chi connectivity index (χ0n) is 15.1. The summed E-state index contributed by atoms with van der Waals surface area (Å²) in [6.07, 6.45) is 0. The van der Waals surface area contributed by atoms with Crippen LogP contribution in [0.3, 0.4) is 0 Å². The first-order valence-corrected chi connectivity index (χ1v) is 9.36. The Bertz CT molecular complexity index is 855. The molecular weight excluding hydrogens is 340 g/mol. The van der Waals surface area contributed by atoms with Crippen LogP contribution >= 0.6 is 0 Å². The highest BCUT2D eigenvalue weighted by molar-refractivity contribution is 7.85. The molecule has 1 heterocycles. The summed E-state index contributed by atoms with van der Waals surface area (Å²) in [4.78, 5) is 23.8. The summed E-state index contributed by atoms with van der Waals surface area (Å²) in [6, 6.07) is 3.52. The third-order valence-corrected chi connectivity index (χ3v) is 5.17. The molecule has 134 valence electrons. The number of rotatable bonds is 6. The largest absolute Gasteiger partial charge is 0.360 e. The van der Waals surface area contributed by atoms with Gasteiger partial charge >= 0.3 is 0 Å². The van der Waals surface area contributed by atoms with E-state index >= 15 is 0 Å². The van der Waals surface area contributed by atoms with E-state index in [0.717, 1.165) is 22.3 Å². The van der Waals surface area contributed by atoms with E-state index in [-0.39, 0.29) is 23.2 Å². The van der Waals surface area contributed by atoms with E-state index < -0.39 is 10.8 Å². The summed E-state index contributed by atoms with van der Waals surface area (Å²) in [6.45, 7) is 8.93. The number of nitrogens with zero attached hydrogens (tertiary/aromatic N) is 1. The van der Waals surface area contributed by atoms with E-state index in [1.165, 1.54) is 6.92 Å². The average molecular weight is 362 g/mol. The van der Waals surface area contributed by atoms with Crippen molar-refractivity contribution in [3.05, 3.63) is 45.7 Å². The summed E-state index contributed by atoms with van der Waals surface area (Å²) in [5.41, 5.74) is 4.25. The number of anilines is 1. The molecule has 25 heavy (non-hydrogen) atoms. The number of amides is 1. The SMILES string of the molecule is CC(=O)c1c(C)cc(C)c(CS(=O)CC(=O)Nc2cc(C)on2)c1C. The first-order valence-electron chi connectivity index (χ1n) is 7.87. The maximum absolute atomic E-state index is 12.4. The zero-order chi connectivity index (χ0) is 18.7. The molecule has 6 nitrogen and oxygen atoms in total.